The quantitative estimate of drug-likeness (QED) is 0.377. The summed E-state index contributed by atoms with van der Waals surface area (Å²) in [6.07, 6.45) is 5.46. The van der Waals surface area contributed by atoms with Crippen molar-refractivity contribution in [2.75, 3.05) is 13.9 Å². The van der Waals surface area contributed by atoms with Crippen molar-refractivity contribution in [2.45, 2.75) is 63.6 Å². The molecule has 1 N–H and O–H groups in total. The van der Waals surface area contributed by atoms with Crippen LogP contribution in [0.3, 0.4) is 0 Å². The van der Waals surface area contributed by atoms with E-state index in [0.717, 1.165) is 53.9 Å². The Kier molecular flexibility index (Phi) is 8.66. The maximum atomic E-state index is 13.9. The third-order valence-corrected chi connectivity index (χ3v) is 7.52. The Morgan fingerprint density at radius 1 is 0.923 bits per heavy atom. The van der Waals surface area contributed by atoms with Crippen molar-refractivity contribution in [1.82, 2.24) is 10.2 Å². The van der Waals surface area contributed by atoms with Crippen LogP contribution in [0.25, 0.3) is 0 Å². The number of hydrogen-bond acceptors (Lipinski definition) is 5. The number of rotatable bonds is 11. The molecular weight excluding hydrogens is 492 g/mol. The van der Waals surface area contributed by atoms with Gasteiger partial charge in [-0.2, -0.15) is 0 Å². The first-order valence-corrected chi connectivity index (χ1v) is 13.7. The van der Waals surface area contributed by atoms with E-state index in [1.807, 2.05) is 72.8 Å². The average molecular weight is 529 g/mol. The smallest absolute Gasteiger partial charge is 0.243 e. The molecule has 204 valence electrons. The van der Waals surface area contributed by atoms with Gasteiger partial charge < -0.3 is 24.4 Å². The summed E-state index contributed by atoms with van der Waals surface area (Å²) < 4.78 is 16.4. The van der Waals surface area contributed by atoms with Crippen LogP contribution in [0.5, 0.6) is 17.2 Å². The van der Waals surface area contributed by atoms with Crippen LogP contribution in [0.1, 0.15) is 48.8 Å². The summed E-state index contributed by atoms with van der Waals surface area (Å²) in [6.45, 7) is 0.524. The predicted octanol–water partition coefficient (Wildman–Crippen LogP) is 5.06. The van der Waals surface area contributed by atoms with Crippen molar-refractivity contribution < 1.29 is 23.8 Å². The predicted molar refractivity (Wildman–Crippen MR) is 149 cm³/mol. The number of nitrogens with one attached hydrogen (secondary N) is 1. The normalized spacial score (nSPS) is 15.1. The number of amides is 2. The van der Waals surface area contributed by atoms with Gasteiger partial charge in [0.05, 0.1) is 7.11 Å². The fraction of sp³-hybridized carbons (Fsp3) is 0.375. The Hall–Kier alpha value is -4.00. The second kappa shape index (κ2) is 12.7. The maximum Gasteiger partial charge on any atom is 0.243 e. The Bertz CT molecular complexity index is 1270. The van der Waals surface area contributed by atoms with Crippen molar-refractivity contribution in [2.24, 2.45) is 0 Å². The zero-order chi connectivity index (χ0) is 27.0. The molecule has 0 unspecified atom stereocenters. The molecule has 1 atom stereocenters. The maximum absolute atomic E-state index is 13.9. The highest BCUT2D eigenvalue weighted by atomic mass is 16.7. The van der Waals surface area contributed by atoms with Gasteiger partial charge in [-0.15, -0.1) is 0 Å². The molecule has 1 fully saturated rings. The molecule has 1 aliphatic heterocycles. The number of carbonyl (C=O) groups excluding carboxylic acids is 2. The molecule has 39 heavy (non-hydrogen) atoms. The minimum absolute atomic E-state index is 0.0713. The van der Waals surface area contributed by atoms with Crippen LogP contribution in [0.4, 0.5) is 0 Å². The van der Waals surface area contributed by atoms with Gasteiger partial charge in [-0.3, -0.25) is 9.59 Å². The molecule has 7 heteroatoms. The summed E-state index contributed by atoms with van der Waals surface area (Å²) in [6, 6.07) is 22.9. The molecule has 1 heterocycles. The molecule has 7 nitrogen and oxygen atoms in total. The summed E-state index contributed by atoms with van der Waals surface area (Å²) in [4.78, 5) is 29.5. The third-order valence-electron chi connectivity index (χ3n) is 7.52. The van der Waals surface area contributed by atoms with Gasteiger partial charge in [-0.1, -0.05) is 61.4 Å². The topological polar surface area (TPSA) is 77.1 Å². The summed E-state index contributed by atoms with van der Waals surface area (Å²) in [5.74, 6) is 1.97. The lowest BCUT2D eigenvalue weighted by molar-refractivity contribution is -0.141. The number of fused-ring (bicyclic) bond motifs is 1. The highest BCUT2D eigenvalue weighted by Gasteiger charge is 2.32. The molecule has 0 bridgehead atoms. The Morgan fingerprint density at radius 2 is 1.69 bits per heavy atom. The Morgan fingerprint density at radius 3 is 2.49 bits per heavy atom. The summed E-state index contributed by atoms with van der Waals surface area (Å²) in [5.41, 5.74) is 2.92. The molecule has 0 radical (unpaired) electrons. The van der Waals surface area contributed by atoms with Gasteiger partial charge in [0.25, 0.3) is 0 Å². The SMILES string of the molecule is COc1cccc(CN(C(=O)CCc2ccc3c(c2)OCO3)[C@H](Cc2ccccc2)C(=O)NC2CCCC2)c1. The number of hydrogen-bond donors (Lipinski definition) is 1. The van der Waals surface area contributed by atoms with E-state index in [-0.39, 0.29) is 31.1 Å². The van der Waals surface area contributed by atoms with Gasteiger partial charge >= 0.3 is 0 Å². The molecule has 1 saturated carbocycles. The number of methoxy groups -OCH3 is 1. The van der Waals surface area contributed by atoms with Crippen LogP contribution < -0.4 is 19.5 Å². The van der Waals surface area contributed by atoms with Crippen LogP contribution in [0, 0.1) is 0 Å². The number of benzene rings is 3. The minimum atomic E-state index is -0.636. The first-order valence-electron chi connectivity index (χ1n) is 13.7. The monoisotopic (exact) mass is 528 g/mol. The third kappa shape index (κ3) is 6.91. The number of nitrogens with zero attached hydrogens (tertiary/aromatic N) is 1. The molecular formula is C32H36N2O5. The second-order valence-electron chi connectivity index (χ2n) is 10.3. The molecule has 3 aromatic rings. The molecule has 3 aromatic carbocycles. The van der Waals surface area contributed by atoms with Crippen LogP contribution >= 0.6 is 0 Å². The lowest BCUT2D eigenvalue weighted by Gasteiger charge is -2.32. The average Bonchev–Trinajstić information content (AvgIpc) is 3.66. The van der Waals surface area contributed by atoms with Gasteiger partial charge in [0.15, 0.2) is 11.5 Å². The first-order chi connectivity index (χ1) is 19.1. The second-order valence-corrected chi connectivity index (χ2v) is 10.3. The lowest BCUT2D eigenvalue weighted by atomic mass is 10.0. The van der Waals surface area contributed by atoms with Crippen LogP contribution in [-0.2, 0) is 29.0 Å². The van der Waals surface area contributed by atoms with Gasteiger partial charge in [-0.05, 0) is 60.2 Å². The highest BCUT2D eigenvalue weighted by Crippen LogP contribution is 2.33. The largest absolute Gasteiger partial charge is 0.497 e. The molecule has 0 aromatic heterocycles. The molecule has 0 saturated heterocycles. The van der Waals surface area contributed by atoms with Crippen molar-refractivity contribution in [1.29, 1.82) is 0 Å². The zero-order valence-electron chi connectivity index (χ0n) is 22.4. The van der Waals surface area contributed by atoms with E-state index in [9.17, 15) is 9.59 Å². The summed E-state index contributed by atoms with van der Waals surface area (Å²) in [5, 5.41) is 3.26. The molecule has 2 amide bonds. The van der Waals surface area contributed by atoms with E-state index in [0.29, 0.717) is 25.1 Å². The van der Waals surface area contributed by atoms with E-state index >= 15 is 0 Å². The molecule has 0 spiro atoms. The van der Waals surface area contributed by atoms with E-state index < -0.39 is 6.04 Å². The summed E-state index contributed by atoms with van der Waals surface area (Å²) >= 11 is 0. The van der Waals surface area contributed by atoms with Crippen molar-refractivity contribution >= 4 is 11.8 Å². The van der Waals surface area contributed by atoms with Crippen molar-refractivity contribution in [3.05, 3.63) is 89.5 Å². The van der Waals surface area contributed by atoms with Crippen LogP contribution in [-0.4, -0.2) is 42.7 Å². The fourth-order valence-corrected chi connectivity index (χ4v) is 5.38. The van der Waals surface area contributed by atoms with Gasteiger partial charge in [-0.25, -0.2) is 0 Å². The number of ether oxygens (including phenoxy) is 3. The Labute approximate surface area is 230 Å². The van der Waals surface area contributed by atoms with Gasteiger partial charge in [0, 0.05) is 25.4 Å². The standard InChI is InChI=1S/C32H36N2O5/c1-37-27-13-7-10-25(18-27)21-34(31(35)17-15-24-14-16-29-30(20-24)39-22-38-29)28(19-23-8-3-2-4-9-23)32(36)33-26-11-5-6-12-26/h2-4,7-10,13-14,16,18,20,26,28H,5-6,11-12,15,17,19,21-22H2,1H3,(H,33,36)/t28-/m1/s1. The van der Waals surface area contributed by atoms with Gasteiger partial charge in [0.1, 0.15) is 11.8 Å². The van der Waals surface area contributed by atoms with Crippen LogP contribution in [0.15, 0.2) is 72.8 Å². The molecule has 2 aliphatic rings. The van der Waals surface area contributed by atoms with E-state index in [4.69, 9.17) is 14.2 Å². The van der Waals surface area contributed by atoms with E-state index in [2.05, 4.69) is 5.32 Å². The minimum Gasteiger partial charge on any atom is -0.497 e. The lowest BCUT2D eigenvalue weighted by Crippen LogP contribution is -2.52. The van der Waals surface area contributed by atoms with E-state index in [1.54, 1.807) is 12.0 Å². The fourth-order valence-electron chi connectivity index (χ4n) is 5.38. The first kappa shape index (κ1) is 26.6. The van der Waals surface area contributed by atoms with E-state index in [1.165, 1.54) is 0 Å². The van der Waals surface area contributed by atoms with Gasteiger partial charge in [0.2, 0.25) is 18.6 Å². The zero-order valence-corrected chi connectivity index (χ0v) is 22.4. The highest BCUT2D eigenvalue weighted by molar-refractivity contribution is 5.88. The summed E-state index contributed by atoms with van der Waals surface area (Å²) in [7, 11) is 1.63. The molecule has 1 aliphatic carbocycles. The number of aryl methyl sites for hydroxylation is 1. The molecule has 5 rings (SSSR count). The van der Waals surface area contributed by atoms with Crippen molar-refractivity contribution in [3.63, 3.8) is 0 Å². The van der Waals surface area contributed by atoms with Crippen molar-refractivity contribution in [3.8, 4) is 17.2 Å². The number of carbonyl (C=O) groups is 2. The van der Waals surface area contributed by atoms with Crippen LogP contribution in [0.2, 0.25) is 0 Å². The Balaban J connectivity index is 1.41.